The van der Waals surface area contributed by atoms with Crippen molar-refractivity contribution in [1.82, 2.24) is 20.4 Å². The first-order chi connectivity index (χ1) is 12.0. The predicted octanol–water partition coefficient (Wildman–Crippen LogP) is 2.14. The van der Waals surface area contributed by atoms with E-state index in [1.54, 1.807) is 7.05 Å². The van der Waals surface area contributed by atoms with E-state index < -0.39 is 12.1 Å². The summed E-state index contributed by atoms with van der Waals surface area (Å²) in [5.41, 5.74) is 0. The third kappa shape index (κ3) is 5.85. The number of alkyl halides is 3. The minimum atomic E-state index is -4.03. The van der Waals surface area contributed by atoms with Gasteiger partial charge in [-0.05, 0) is 31.6 Å². The molecule has 3 heterocycles. The number of rotatable bonds is 4. The number of halogens is 4. The molecular weight excluding hydrogens is 458 g/mol. The van der Waals surface area contributed by atoms with Gasteiger partial charge in [0.2, 0.25) is 0 Å². The molecule has 152 valence electrons. The van der Waals surface area contributed by atoms with Crippen molar-refractivity contribution < 1.29 is 13.2 Å². The Kier molecular flexibility index (Phi) is 8.27. The second-order valence-electron chi connectivity index (χ2n) is 7.58. The third-order valence-electron chi connectivity index (χ3n) is 5.99. The van der Waals surface area contributed by atoms with Crippen molar-refractivity contribution in [3.8, 4) is 0 Å². The van der Waals surface area contributed by atoms with Gasteiger partial charge in [-0.3, -0.25) is 14.8 Å². The summed E-state index contributed by atoms with van der Waals surface area (Å²) in [5, 5.41) is 6.69. The SMILES string of the molecule is CN=C(NCC1CCC(C(F)(F)F)CC1)NCC1CN2CCN1CC2.I. The van der Waals surface area contributed by atoms with Crippen LogP contribution in [0.5, 0.6) is 0 Å². The van der Waals surface area contributed by atoms with Crippen LogP contribution in [-0.4, -0.2) is 80.8 Å². The fraction of sp³-hybridized carbons (Fsp3) is 0.941. The largest absolute Gasteiger partial charge is 0.391 e. The first-order valence-corrected chi connectivity index (χ1v) is 9.43. The Morgan fingerprint density at radius 3 is 2.12 bits per heavy atom. The molecule has 1 atom stereocenters. The topological polar surface area (TPSA) is 42.9 Å². The molecule has 1 saturated carbocycles. The van der Waals surface area contributed by atoms with Gasteiger partial charge in [-0.1, -0.05) is 0 Å². The summed E-state index contributed by atoms with van der Waals surface area (Å²) in [6.45, 7) is 7.28. The zero-order valence-corrected chi connectivity index (χ0v) is 17.7. The van der Waals surface area contributed by atoms with Gasteiger partial charge in [0, 0.05) is 58.9 Å². The summed E-state index contributed by atoms with van der Waals surface area (Å²) in [7, 11) is 1.74. The van der Waals surface area contributed by atoms with Crippen LogP contribution in [0, 0.1) is 11.8 Å². The molecule has 3 saturated heterocycles. The lowest BCUT2D eigenvalue weighted by Gasteiger charge is -2.47. The van der Waals surface area contributed by atoms with E-state index in [1.165, 1.54) is 13.1 Å². The van der Waals surface area contributed by atoms with Crippen molar-refractivity contribution in [1.29, 1.82) is 0 Å². The van der Waals surface area contributed by atoms with Crippen molar-refractivity contribution in [3.63, 3.8) is 0 Å². The lowest BCUT2D eigenvalue weighted by Crippen LogP contribution is -2.63. The molecule has 4 fully saturated rings. The minimum absolute atomic E-state index is 0. The van der Waals surface area contributed by atoms with E-state index in [0.717, 1.165) is 32.1 Å². The quantitative estimate of drug-likeness (QED) is 0.361. The number of nitrogens with one attached hydrogen (secondary N) is 2. The highest BCUT2D eigenvalue weighted by Crippen LogP contribution is 2.39. The number of hydrogen-bond donors (Lipinski definition) is 2. The van der Waals surface area contributed by atoms with E-state index >= 15 is 0 Å². The Morgan fingerprint density at radius 1 is 1.00 bits per heavy atom. The molecule has 0 amide bonds. The molecule has 1 aliphatic carbocycles. The second-order valence-corrected chi connectivity index (χ2v) is 7.58. The number of aliphatic imine (C=N–C) groups is 1. The molecule has 0 aromatic carbocycles. The van der Waals surface area contributed by atoms with Gasteiger partial charge in [0.25, 0.3) is 0 Å². The van der Waals surface area contributed by atoms with E-state index in [1.807, 2.05) is 0 Å². The molecule has 2 bridgehead atoms. The maximum absolute atomic E-state index is 12.7. The number of guanidine groups is 1. The van der Waals surface area contributed by atoms with Crippen molar-refractivity contribution in [3.05, 3.63) is 0 Å². The second kappa shape index (κ2) is 9.77. The monoisotopic (exact) mass is 489 g/mol. The van der Waals surface area contributed by atoms with Gasteiger partial charge in [-0.15, -0.1) is 24.0 Å². The van der Waals surface area contributed by atoms with E-state index in [9.17, 15) is 13.2 Å². The van der Waals surface area contributed by atoms with Crippen LogP contribution < -0.4 is 10.6 Å². The Balaban J connectivity index is 0.00000243. The zero-order chi connectivity index (χ0) is 17.9. The lowest BCUT2D eigenvalue weighted by atomic mass is 9.81. The molecular formula is C17H31F3IN5. The molecule has 0 radical (unpaired) electrons. The molecule has 1 unspecified atom stereocenters. The maximum Gasteiger partial charge on any atom is 0.391 e. The summed E-state index contributed by atoms with van der Waals surface area (Å²) in [4.78, 5) is 9.28. The molecule has 2 N–H and O–H groups in total. The molecule has 0 aromatic rings. The van der Waals surface area contributed by atoms with Gasteiger partial charge in [-0.2, -0.15) is 13.2 Å². The molecule has 3 aliphatic heterocycles. The minimum Gasteiger partial charge on any atom is -0.356 e. The molecule has 4 rings (SSSR count). The molecule has 0 spiro atoms. The lowest BCUT2D eigenvalue weighted by molar-refractivity contribution is -0.183. The van der Waals surface area contributed by atoms with Crippen molar-refractivity contribution in [2.75, 3.05) is 52.9 Å². The summed E-state index contributed by atoms with van der Waals surface area (Å²) in [5.74, 6) is -0.0414. The Hall–Kier alpha value is -0.290. The van der Waals surface area contributed by atoms with Gasteiger partial charge in [0.15, 0.2) is 5.96 Å². The fourth-order valence-corrected chi connectivity index (χ4v) is 4.29. The van der Waals surface area contributed by atoms with Crippen LogP contribution in [0.3, 0.4) is 0 Å². The first-order valence-electron chi connectivity index (χ1n) is 9.43. The van der Waals surface area contributed by atoms with Crippen LogP contribution in [0.1, 0.15) is 25.7 Å². The molecule has 0 aromatic heterocycles. The number of piperazine rings is 3. The van der Waals surface area contributed by atoms with Gasteiger partial charge < -0.3 is 10.6 Å². The smallest absolute Gasteiger partial charge is 0.356 e. The standard InChI is InChI=1S/C17H30F3N5.HI/c1-21-16(23-11-15-12-24-6-8-25(15)9-7-24)22-10-13-2-4-14(5-3-13)17(18,19)20;/h13-15H,2-12H2,1H3,(H2,21,22,23);1H. The number of nitrogens with zero attached hydrogens (tertiary/aromatic N) is 3. The molecule has 26 heavy (non-hydrogen) atoms. The van der Waals surface area contributed by atoms with Crippen molar-refractivity contribution >= 4 is 29.9 Å². The van der Waals surface area contributed by atoms with E-state index in [-0.39, 0.29) is 36.8 Å². The van der Waals surface area contributed by atoms with E-state index in [0.29, 0.717) is 31.3 Å². The average molecular weight is 489 g/mol. The average Bonchev–Trinajstić information content (AvgIpc) is 2.62. The zero-order valence-electron chi connectivity index (χ0n) is 15.4. The highest BCUT2D eigenvalue weighted by atomic mass is 127. The highest BCUT2D eigenvalue weighted by Gasteiger charge is 2.41. The number of hydrogen-bond acceptors (Lipinski definition) is 3. The highest BCUT2D eigenvalue weighted by molar-refractivity contribution is 14.0. The predicted molar refractivity (Wildman–Crippen MR) is 108 cm³/mol. The third-order valence-corrected chi connectivity index (χ3v) is 5.99. The van der Waals surface area contributed by atoms with Crippen LogP contribution in [0.4, 0.5) is 13.2 Å². The van der Waals surface area contributed by atoms with Crippen LogP contribution in [0.15, 0.2) is 4.99 Å². The van der Waals surface area contributed by atoms with Crippen LogP contribution in [-0.2, 0) is 0 Å². The van der Waals surface area contributed by atoms with Gasteiger partial charge in [0.1, 0.15) is 0 Å². The van der Waals surface area contributed by atoms with Gasteiger partial charge in [0.05, 0.1) is 5.92 Å². The van der Waals surface area contributed by atoms with Crippen LogP contribution in [0.2, 0.25) is 0 Å². The Bertz CT molecular complexity index is 458. The van der Waals surface area contributed by atoms with Gasteiger partial charge in [-0.25, -0.2) is 0 Å². The summed E-state index contributed by atoms with van der Waals surface area (Å²) < 4.78 is 38.2. The maximum atomic E-state index is 12.7. The molecule has 5 nitrogen and oxygen atoms in total. The normalized spacial score (nSPS) is 34.9. The number of fused-ring (bicyclic) bond motifs is 3. The van der Waals surface area contributed by atoms with Crippen LogP contribution in [0.25, 0.3) is 0 Å². The van der Waals surface area contributed by atoms with Gasteiger partial charge >= 0.3 is 6.18 Å². The van der Waals surface area contributed by atoms with E-state index in [4.69, 9.17) is 0 Å². The fourth-order valence-electron chi connectivity index (χ4n) is 4.29. The summed E-state index contributed by atoms with van der Waals surface area (Å²) in [6, 6.07) is 0.517. The van der Waals surface area contributed by atoms with E-state index in [2.05, 4.69) is 25.4 Å². The van der Waals surface area contributed by atoms with Crippen LogP contribution >= 0.6 is 24.0 Å². The molecule has 4 aliphatic rings. The van der Waals surface area contributed by atoms with Crippen molar-refractivity contribution in [2.45, 2.75) is 37.9 Å². The Morgan fingerprint density at radius 2 is 1.62 bits per heavy atom. The van der Waals surface area contributed by atoms with Crippen molar-refractivity contribution in [2.24, 2.45) is 16.8 Å². The first kappa shape index (κ1) is 22.0. The summed E-state index contributed by atoms with van der Waals surface area (Å²) >= 11 is 0. The molecule has 9 heteroatoms. The Labute approximate surface area is 171 Å². The summed E-state index contributed by atoms with van der Waals surface area (Å²) in [6.07, 6.45) is -2.23.